The average Bonchev–Trinajstić information content (AvgIpc) is 3.09. The molecule has 4 nitrogen and oxygen atoms in total. The van der Waals surface area contributed by atoms with Crippen LogP contribution in [0, 0.1) is 11.6 Å². The standard InChI is InChI=1S/C19H16F2N2O2S2/c20-14-9-15(21)11-16(10-14)27(24,25)22-17-3-1-2-4-18(17)23-7-5-19-13(12-23)6-8-26-19/h1-4,6,8-11,22H,5,7,12H2. The molecule has 1 aliphatic heterocycles. The van der Waals surface area contributed by atoms with Gasteiger partial charge in [-0.3, -0.25) is 4.72 Å². The summed E-state index contributed by atoms with van der Waals surface area (Å²) >= 11 is 1.73. The van der Waals surface area contributed by atoms with E-state index in [2.05, 4.69) is 21.1 Å². The lowest BCUT2D eigenvalue weighted by Gasteiger charge is -2.30. The molecule has 1 aliphatic rings. The average molecular weight is 406 g/mol. The van der Waals surface area contributed by atoms with Gasteiger partial charge < -0.3 is 4.90 Å². The van der Waals surface area contributed by atoms with Gasteiger partial charge in [0.05, 0.1) is 16.3 Å². The minimum atomic E-state index is -4.12. The summed E-state index contributed by atoms with van der Waals surface area (Å²) in [6, 6.07) is 11.3. The summed E-state index contributed by atoms with van der Waals surface area (Å²) in [5, 5.41) is 2.06. The first-order valence-corrected chi connectivity index (χ1v) is 10.7. The molecule has 0 atom stereocenters. The zero-order valence-electron chi connectivity index (χ0n) is 14.2. The normalized spacial score (nSPS) is 14.1. The highest BCUT2D eigenvalue weighted by molar-refractivity contribution is 7.92. The van der Waals surface area contributed by atoms with E-state index in [1.807, 2.05) is 12.1 Å². The van der Waals surface area contributed by atoms with Crippen molar-refractivity contribution in [1.82, 2.24) is 0 Å². The minimum absolute atomic E-state index is 0.376. The number of hydrogen-bond donors (Lipinski definition) is 1. The number of fused-ring (bicyclic) bond motifs is 1. The Labute approximate surface area is 160 Å². The van der Waals surface area contributed by atoms with Crippen LogP contribution < -0.4 is 9.62 Å². The van der Waals surface area contributed by atoms with Crippen LogP contribution in [0.25, 0.3) is 0 Å². The maximum absolute atomic E-state index is 13.4. The number of benzene rings is 2. The lowest BCUT2D eigenvalue weighted by molar-refractivity contribution is 0.568. The van der Waals surface area contributed by atoms with Crippen molar-refractivity contribution in [1.29, 1.82) is 0 Å². The summed E-state index contributed by atoms with van der Waals surface area (Å²) in [4.78, 5) is 2.99. The summed E-state index contributed by atoms with van der Waals surface area (Å²) in [7, 11) is -4.12. The van der Waals surface area contributed by atoms with Crippen molar-refractivity contribution in [2.75, 3.05) is 16.2 Å². The minimum Gasteiger partial charge on any atom is -0.365 e. The van der Waals surface area contributed by atoms with E-state index in [1.165, 1.54) is 10.4 Å². The highest BCUT2D eigenvalue weighted by Gasteiger charge is 2.22. The molecule has 0 spiro atoms. The van der Waals surface area contributed by atoms with Gasteiger partial charge in [0.2, 0.25) is 0 Å². The molecule has 0 bridgehead atoms. The third kappa shape index (κ3) is 3.68. The lowest BCUT2D eigenvalue weighted by Crippen LogP contribution is -2.30. The van der Waals surface area contributed by atoms with E-state index in [4.69, 9.17) is 0 Å². The first-order chi connectivity index (χ1) is 12.9. The fourth-order valence-electron chi connectivity index (χ4n) is 3.18. The maximum atomic E-state index is 13.4. The van der Waals surface area contributed by atoms with Crippen LogP contribution in [-0.4, -0.2) is 15.0 Å². The predicted molar refractivity (Wildman–Crippen MR) is 103 cm³/mol. The second kappa shape index (κ2) is 6.94. The third-order valence-electron chi connectivity index (χ3n) is 4.44. The van der Waals surface area contributed by atoms with Crippen LogP contribution >= 0.6 is 11.3 Å². The molecule has 2 heterocycles. The Hall–Kier alpha value is -2.45. The molecule has 1 N–H and O–H groups in total. The molecule has 0 unspecified atom stereocenters. The van der Waals surface area contributed by atoms with E-state index in [0.29, 0.717) is 18.3 Å². The van der Waals surface area contributed by atoms with Crippen molar-refractivity contribution in [3.8, 4) is 0 Å². The third-order valence-corrected chi connectivity index (χ3v) is 6.81. The van der Waals surface area contributed by atoms with E-state index in [1.54, 1.807) is 23.5 Å². The number of rotatable bonds is 4. The number of anilines is 2. The van der Waals surface area contributed by atoms with Crippen molar-refractivity contribution in [2.24, 2.45) is 0 Å². The molecular formula is C19H16F2N2O2S2. The summed E-state index contributed by atoms with van der Waals surface area (Å²) in [5.41, 5.74) is 2.34. The van der Waals surface area contributed by atoms with Crippen molar-refractivity contribution >= 4 is 32.7 Å². The monoisotopic (exact) mass is 406 g/mol. The van der Waals surface area contributed by atoms with Gasteiger partial charge in [0, 0.05) is 24.0 Å². The summed E-state index contributed by atoms with van der Waals surface area (Å²) in [5.74, 6) is -1.88. The van der Waals surface area contributed by atoms with Gasteiger partial charge in [0.1, 0.15) is 11.6 Å². The fourth-order valence-corrected chi connectivity index (χ4v) is 5.18. The van der Waals surface area contributed by atoms with Crippen molar-refractivity contribution in [3.63, 3.8) is 0 Å². The molecule has 140 valence electrons. The number of para-hydroxylation sites is 2. The lowest BCUT2D eigenvalue weighted by atomic mass is 10.1. The zero-order chi connectivity index (χ0) is 19.0. The summed E-state index contributed by atoms with van der Waals surface area (Å²) < 4.78 is 54.6. The zero-order valence-corrected chi connectivity index (χ0v) is 15.8. The fraction of sp³-hybridized carbons (Fsp3) is 0.158. The van der Waals surface area contributed by atoms with Gasteiger partial charge in [-0.25, -0.2) is 17.2 Å². The Bertz CT molecular complexity index is 1080. The van der Waals surface area contributed by atoms with Crippen LogP contribution in [0.4, 0.5) is 20.2 Å². The first-order valence-electron chi connectivity index (χ1n) is 8.30. The van der Waals surface area contributed by atoms with Crippen molar-refractivity contribution in [3.05, 3.63) is 76.0 Å². The Morgan fingerprint density at radius 2 is 1.78 bits per heavy atom. The van der Waals surface area contributed by atoms with Gasteiger partial charge in [0.25, 0.3) is 10.0 Å². The maximum Gasteiger partial charge on any atom is 0.262 e. The van der Waals surface area contributed by atoms with Gasteiger partial charge in [-0.15, -0.1) is 11.3 Å². The largest absolute Gasteiger partial charge is 0.365 e. The van der Waals surface area contributed by atoms with Crippen LogP contribution in [-0.2, 0) is 23.0 Å². The molecule has 3 aromatic rings. The highest BCUT2D eigenvalue weighted by Crippen LogP contribution is 2.33. The molecular weight excluding hydrogens is 390 g/mol. The molecule has 0 aliphatic carbocycles. The summed E-state index contributed by atoms with van der Waals surface area (Å²) in [6.45, 7) is 1.45. The van der Waals surface area contributed by atoms with Crippen LogP contribution in [0.2, 0.25) is 0 Å². The van der Waals surface area contributed by atoms with E-state index in [-0.39, 0.29) is 0 Å². The van der Waals surface area contributed by atoms with Crippen LogP contribution in [0.1, 0.15) is 10.4 Å². The molecule has 0 saturated carbocycles. The molecule has 0 radical (unpaired) electrons. The first kappa shape index (κ1) is 17.9. The van der Waals surface area contributed by atoms with Crippen LogP contribution in [0.15, 0.2) is 58.8 Å². The Morgan fingerprint density at radius 1 is 1.04 bits per heavy atom. The Morgan fingerprint density at radius 3 is 2.56 bits per heavy atom. The van der Waals surface area contributed by atoms with E-state index in [0.717, 1.165) is 30.8 Å². The number of nitrogens with zero attached hydrogens (tertiary/aromatic N) is 1. The molecule has 0 amide bonds. The second-order valence-electron chi connectivity index (χ2n) is 6.27. The SMILES string of the molecule is O=S(=O)(Nc1ccccc1N1CCc2sccc2C1)c1cc(F)cc(F)c1. The van der Waals surface area contributed by atoms with Gasteiger partial charge >= 0.3 is 0 Å². The Balaban J connectivity index is 1.65. The van der Waals surface area contributed by atoms with Gasteiger partial charge in [0.15, 0.2) is 0 Å². The number of halogens is 2. The molecule has 1 aromatic heterocycles. The van der Waals surface area contributed by atoms with Crippen LogP contribution in [0.5, 0.6) is 0 Å². The van der Waals surface area contributed by atoms with E-state index in [9.17, 15) is 17.2 Å². The molecule has 27 heavy (non-hydrogen) atoms. The number of hydrogen-bond acceptors (Lipinski definition) is 4. The second-order valence-corrected chi connectivity index (χ2v) is 8.95. The van der Waals surface area contributed by atoms with Crippen molar-refractivity contribution in [2.45, 2.75) is 17.9 Å². The smallest absolute Gasteiger partial charge is 0.262 e. The highest BCUT2D eigenvalue weighted by atomic mass is 32.2. The van der Waals surface area contributed by atoms with E-state index < -0.39 is 26.6 Å². The van der Waals surface area contributed by atoms with Gasteiger partial charge in [-0.05, 0) is 47.7 Å². The topological polar surface area (TPSA) is 49.4 Å². The molecule has 0 saturated heterocycles. The van der Waals surface area contributed by atoms with Gasteiger partial charge in [-0.2, -0.15) is 0 Å². The molecule has 2 aromatic carbocycles. The molecule has 8 heteroatoms. The number of thiophene rings is 1. The van der Waals surface area contributed by atoms with Crippen LogP contribution in [0.3, 0.4) is 0 Å². The van der Waals surface area contributed by atoms with E-state index >= 15 is 0 Å². The summed E-state index contributed by atoms with van der Waals surface area (Å²) in [6.07, 6.45) is 0.892. The van der Waals surface area contributed by atoms with Gasteiger partial charge in [-0.1, -0.05) is 12.1 Å². The molecule has 4 rings (SSSR count). The quantitative estimate of drug-likeness (QED) is 0.699. The number of sulfonamides is 1. The predicted octanol–water partition coefficient (Wildman–Crippen LogP) is 4.39. The molecule has 0 fully saturated rings. The number of nitrogens with one attached hydrogen (secondary N) is 1. The van der Waals surface area contributed by atoms with Crippen molar-refractivity contribution < 1.29 is 17.2 Å². The Kier molecular flexibility index (Phi) is 4.61.